The zero-order valence-electron chi connectivity index (χ0n) is 20.2. The standard InChI is InChI=1S/C27H32ClN5O3/c28-24-18-31-26-27(35)33(24)19-25(34)30-16-21-11-5-6-12-23(21)36-14-8-2-7-13-29-17-22(32-26)15-20-9-3-1-4-10-20/h1,3-6,9-12,18,22,29H,2,7-8,13-17,19H2,(H,30,34)(H,31,32)/t22-/m0/s1. The fourth-order valence-corrected chi connectivity index (χ4v) is 4.34. The summed E-state index contributed by atoms with van der Waals surface area (Å²) in [6.07, 6.45) is 5.11. The van der Waals surface area contributed by atoms with Crippen molar-refractivity contribution >= 4 is 23.3 Å². The molecule has 1 aromatic heterocycles. The highest BCUT2D eigenvalue weighted by molar-refractivity contribution is 6.29. The van der Waals surface area contributed by atoms with E-state index in [1.807, 2.05) is 42.5 Å². The first-order valence-corrected chi connectivity index (χ1v) is 12.7. The summed E-state index contributed by atoms with van der Waals surface area (Å²) >= 11 is 6.27. The summed E-state index contributed by atoms with van der Waals surface area (Å²) in [6.45, 7) is 2.22. The summed E-state index contributed by atoms with van der Waals surface area (Å²) in [4.78, 5) is 30.2. The van der Waals surface area contributed by atoms with Crippen LogP contribution in [0.1, 0.15) is 30.4 Å². The summed E-state index contributed by atoms with van der Waals surface area (Å²) < 4.78 is 7.21. The number of hydrogen-bond donors (Lipinski definition) is 3. The summed E-state index contributed by atoms with van der Waals surface area (Å²) in [5, 5.41) is 9.76. The topological polar surface area (TPSA) is 97.3 Å². The number of rotatable bonds is 2. The minimum atomic E-state index is -0.433. The smallest absolute Gasteiger partial charge is 0.294 e. The Kier molecular flexibility index (Phi) is 9.35. The van der Waals surface area contributed by atoms with E-state index in [4.69, 9.17) is 16.3 Å². The first kappa shape index (κ1) is 25.7. The fourth-order valence-electron chi connectivity index (χ4n) is 4.15. The molecule has 2 bridgehead atoms. The predicted molar refractivity (Wildman–Crippen MR) is 142 cm³/mol. The average molecular weight is 510 g/mol. The van der Waals surface area contributed by atoms with Gasteiger partial charge in [-0.15, -0.1) is 0 Å². The number of nitrogens with one attached hydrogen (secondary N) is 3. The number of benzene rings is 2. The van der Waals surface area contributed by atoms with Crippen LogP contribution in [-0.2, 0) is 24.3 Å². The molecule has 1 aliphatic heterocycles. The number of anilines is 1. The van der Waals surface area contributed by atoms with E-state index in [1.54, 1.807) is 0 Å². The molecule has 0 saturated heterocycles. The maximum atomic E-state index is 13.2. The molecular formula is C27H32ClN5O3. The lowest BCUT2D eigenvalue weighted by molar-refractivity contribution is -0.121. The van der Waals surface area contributed by atoms with Crippen molar-refractivity contribution in [2.45, 2.75) is 44.8 Å². The Bertz CT molecular complexity index is 1200. The largest absolute Gasteiger partial charge is 0.493 e. The van der Waals surface area contributed by atoms with Crippen LogP contribution in [0.5, 0.6) is 5.75 Å². The van der Waals surface area contributed by atoms with Crippen LogP contribution in [0.4, 0.5) is 5.82 Å². The molecule has 0 spiro atoms. The molecule has 8 nitrogen and oxygen atoms in total. The van der Waals surface area contributed by atoms with Gasteiger partial charge in [0.05, 0.1) is 12.8 Å². The number of hydrogen-bond acceptors (Lipinski definition) is 6. The maximum Gasteiger partial charge on any atom is 0.294 e. The van der Waals surface area contributed by atoms with Gasteiger partial charge in [0.2, 0.25) is 5.91 Å². The molecule has 36 heavy (non-hydrogen) atoms. The molecule has 0 saturated carbocycles. The Labute approximate surface area is 216 Å². The Morgan fingerprint density at radius 3 is 2.69 bits per heavy atom. The lowest BCUT2D eigenvalue weighted by atomic mass is 10.1. The van der Waals surface area contributed by atoms with E-state index in [1.165, 1.54) is 10.8 Å². The van der Waals surface area contributed by atoms with Crippen molar-refractivity contribution in [3.05, 3.63) is 87.4 Å². The maximum absolute atomic E-state index is 13.2. The Balaban J connectivity index is 1.55. The molecule has 1 amide bonds. The second kappa shape index (κ2) is 13.1. The lowest BCUT2D eigenvalue weighted by Gasteiger charge is -2.21. The van der Waals surface area contributed by atoms with Gasteiger partial charge in [-0.3, -0.25) is 14.2 Å². The van der Waals surface area contributed by atoms with Gasteiger partial charge >= 0.3 is 0 Å². The molecule has 1 atom stereocenters. The van der Waals surface area contributed by atoms with Crippen molar-refractivity contribution in [3.63, 3.8) is 0 Å². The van der Waals surface area contributed by atoms with Crippen LogP contribution in [0.15, 0.2) is 65.6 Å². The number of nitrogens with zero attached hydrogens (tertiary/aromatic N) is 2. The van der Waals surface area contributed by atoms with E-state index in [0.717, 1.165) is 42.7 Å². The van der Waals surface area contributed by atoms with E-state index >= 15 is 0 Å². The highest BCUT2D eigenvalue weighted by Gasteiger charge is 2.17. The zero-order chi connectivity index (χ0) is 25.2. The van der Waals surface area contributed by atoms with Crippen LogP contribution in [-0.4, -0.2) is 41.2 Å². The molecule has 190 valence electrons. The number of ether oxygens (including phenoxy) is 1. The summed E-state index contributed by atoms with van der Waals surface area (Å²) in [6, 6.07) is 17.7. The molecule has 0 fully saturated rings. The third kappa shape index (κ3) is 7.32. The van der Waals surface area contributed by atoms with Crippen molar-refractivity contribution in [2.24, 2.45) is 0 Å². The van der Waals surface area contributed by atoms with Crippen LogP contribution in [0.3, 0.4) is 0 Å². The van der Waals surface area contributed by atoms with Gasteiger partial charge in [0.1, 0.15) is 17.4 Å². The molecule has 2 aromatic carbocycles. The molecule has 0 unspecified atom stereocenters. The molecule has 3 aromatic rings. The summed E-state index contributed by atoms with van der Waals surface area (Å²) in [5.41, 5.74) is 1.60. The molecule has 0 aliphatic carbocycles. The van der Waals surface area contributed by atoms with Gasteiger partial charge in [-0.2, -0.15) is 0 Å². The highest BCUT2D eigenvalue weighted by atomic mass is 35.5. The Morgan fingerprint density at radius 2 is 1.83 bits per heavy atom. The zero-order valence-corrected chi connectivity index (χ0v) is 21.0. The third-order valence-electron chi connectivity index (χ3n) is 6.07. The minimum absolute atomic E-state index is 0.0732. The number of fused-ring (bicyclic) bond motifs is 3. The van der Waals surface area contributed by atoms with Gasteiger partial charge in [-0.05, 0) is 43.9 Å². The summed E-state index contributed by atoms with van der Waals surface area (Å²) in [7, 11) is 0. The van der Waals surface area contributed by atoms with Crippen molar-refractivity contribution in [3.8, 4) is 5.75 Å². The number of carbonyl (C=O) groups is 1. The van der Waals surface area contributed by atoms with E-state index < -0.39 is 5.56 Å². The summed E-state index contributed by atoms with van der Waals surface area (Å²) in [5.74, 6) is 0.598. The Morgan fingerprint density at radius 1 is 1.03 bits per heavy atom. The SMILES string of the molecule is O=C1Cn2c(Cl)cnc(c2=O)N[C@@H](Cc2ccccc2)CNCCCCCOc2ccccc2CN1. The molecular weight excluding hydrogens is 478 g/mol. The molecule has 3 N–H and O–H groups in total. The van der Waals surface area contributed by atoms with Crippen LogP contribution in [0, 0.1) is 0 Å². The van der Waals surface area contributed by atoms with Gasteiger partial charge in [0, 0.05) is 24.7 Å². The number of halogens is 1. The lowest BCUT2D eigenvalue weighted by Crippen LogP contribution is -2.39. The normalized spacial score (nSPS) is 17.8. The van der Waals surface area contributed by atoms with Crippen LogP contribution >= 0.6 is 11.6 Å². The van der Waals surface area contributed by atoms with E-state index in [0.29, 0.717) is 26.1 Å². The van der Waals surface area contributed by atoms with Crippen molar-refractivity contribution < 1.29 is 9.53 Å². The molecule has 9 heteroatoms. The second-order valence-electron chi connectivity index (χ2n) is 8.85. The van der Waals surface area contributed by atoms with E-state index in [2.05, 4.69) is 33.1 Å². The highest BCUT2D eigenvalue weighted by Crippen LogP contribution is 2.18. The monoisotopic (exact) mass is 509 g/mol. The van der Waals surface area contributed by atoms with Gasteiger partial charge < -0.3 is 20.7 Å². The van der Waals surface area contributed by atoms with Gasteiger partial charge in [0.25, 0.3) is 5.56 Å². The van der Waals surface area contributed by atoms with Crippen molar-refractivity contribution in [1.82, 2.24) is 20.2 Å². The van der Waals surface area contributed by atoms with Crippen molar-refractivity contribution in [2.75, 3.05) is 25.0 Å². The van der Waals surface area contributed by atoms with Gasteiger partial charge in [-0.1, -0.05) is 60.1 Å². The third-order valence-corrected chi connectivity index (χ3v) is 6.37. The first-order valence-electron chi connectivity index (χ1n) is 12.3. The second-order valence-corrected chi connectivity index (χ2v) is 9.24. The molecule has 2 heterocycles. The number of aromatic nitrogens is 2. The average Bonchev–Trinajstić information content (AvgIpc) is 2.89. The van der Waals surface area contributed by atoms with Crippen LogP contribution in [0.25, 0.3) is 0 Å². The number of carbonyl (C=O) groups excluding carboxylic acids is 1. The van der Waals surface area contributed by atoms with Crippen LogP contribution < -0.4 is 26.2 Å². The minimum Gasteiger partial charge on any atom is -0.493 e. The molecule has 1 aliphatic rings. The number of amides is 1. The predicted octanol–water partition coefficient (Wildman–Crippen LogP) is 3.39. The van der Waals surface area contributed by atoms with Crippen molar-refractivity contribution in [1.29, 1.82) is 0 Å². The molecule has 0 radical (unpaired) electrons. The van der Waals surface area contributed by atoms with Crippen LogP contribution in [0.2, 0.25) is 5.15 Å². The molecule has 4 rings (SSSR count). The van der Waals surface area contributed by atoms with E-state index in [-0.39, 0.29) is 29.5 Å². The number of para-hydroxylation sites is 1. The van der Waals surface area contributed by atoms with Gasteiger partial charge in [-0.25, -0.2) is 4.98 Å². The fraction of sp³-hybridized carbons (Fsp3) is 0.370. The van der Waals surface area contributed by atoms with Gasteiger partial charge in [0.15, 0.2) is 5.82 Å². The quantitative estimate of drug-likeness (QED) is 0.490. The first-order chi connectivity index (χ1) is 17.6. The van der Waals surface area contributed by atoms with E-state index in [9.17, 15) is 9.59 Å². The Hall–Kier alpha value is -3.36.